The number of ether oxygens (including phenoxy) is 1. The van der Waals surface area contributed by atoms with Crippen molar-refractivity contribution in [3.63, 3.8) is 0 Å². The van der Waals surface area contributed by atoms with Crippen molar-refractivity contribution in [2.45, 2.75) is 19.4 Å². The molecule has 0 radical (unpaired) electrons. The number of carbonyl (C=O) groups is 1. The summed E-state index contributed by atoms with van der Waals surface area (Å²) in [5, 5.41) is 0. The first kappa shape index (κ1) is 9.93. The molecule has 0 aliphatic heterocycles. The maximum absolute atomic E-state index is 10.5. The van der Waals surface area contributed by atoms with Crippen LogP contribution in [0.2, 0.25) is 0 Å². The van der Waals surface area contributed by atoms with Gasteiger partial charge in [0, 0.05) is 13.0 Å². The minimum atomic E-state index is -0.0170. The quantitative estimate of drug-likeness (QED) is 0.660. The summed E-state index contributed by atoms with van der Waals surface area (Å²) in [6.45, 7) is 2.51. The van der Waals surface area contributed by atoms with Gasteiger partial charge in [-0.1, -0.05) is 31.2 Å². The van der Waals surface area contributed by atoms with Gasteiger partial charge >= 0.3 is 0 Å². The third-order valence-electron chi connectivity index (χ3n) is 2.02. The van der Waals surface area contributed by atoms with Gasteiger partial charge < -0.3 is 9.53 Å². The minimum Gasteiger partial charge on any atom is -0.380 e. The van der Waals surface area contributed by atoms with Gasteiger partial charge in [-0.05, 0) is 11.1 Å². The van der Waals surface area contributed by atoms with E-state index >= 15 is 0 Å². The SMILES string of the molecule is COCc1ccc(C(C)C=O)cc1. The second kappa shape index (κ2) is 4.77. The smallest absolute Gasteiger partial charge is 0.127 e. The number of carbonyl (C=O) groups excluding carboxylic acids is 1. The van der Waals surface area contributed by atoms with Crippen molar-refractivity contribution in [1.29, 1.82) is 0 Å². The molecule has 0 saturated carbocycles. The van der Waals surface area contributed by atoms with E-state index in [1.807, 2.05) is 31.2 Å². The van der Waals surface area contributed by atoms with Crippen molar-refractivity contribution in [1.82, 2.24) is 0 Å². The fourth-order valence-electron chi connectivity index (χ4n) is 1.16. The predicted molar refractivity (Wildman–Crippen MR) is 51.6 cm³/mol. The van der Waals surface area contributed by atoms with Crippen LogP contribution < -0.4 is 0 Å². The second-order valence-electron chi connectivity index (χ2n) is 3.10. The molecule has 2 heteroatoms. The largest absolute Gasteiger partial charge is 0.380 e. The molecule has 1 rings (SSSR count). The highest BCUT2D eigenvalue weighted by Crippen LogP contribution is 2.13. The van der Waals surface area contributed by atoms with E-state index in [9.17, 15) is 4.79 Å². The van der Waals surface area contributed by atoms with Gasteiger partial charge in [-0.3, -0.25) is 0 Å². The molecule has 0 aromatic heterocycles. The molecule has 1 atom stereocenters. The van der Waals surface area contributed by atoms with E-state index in [-0.39, 0.29) is 5.92 Å². The van der Waals surface area contributed by atoms with E-state index in [0.717, 1.165) is 17.4 Å². The summed E-state index contributed by atoms with van der Waals surface area (Å²) in [6.07, 6.45) is 0.950. The van der Waals surface area contributed by atoms with Crippen molar-refractivity contribution in [2.24, 2.45) is 0 Å². The van der Waals surface area contributed by atoms with Gasteiger partial charge in [0.15, 0.2) is 0 Å². The Bertz CT molecular complexity index is 264. The summed E-state index contributed by atoms with van der Waals surface area (Å²) in [4.78, 5) is 10.5. The average Bonchev–Trinajstić information content (AvgIpc) is 2.18. The van der Waals surface area contributed by atoms with Crippen LogP contribution in [0.1, 0.15) is 24.0 Å². The molecule has 1 aromatic rings. The predicted octanol–water partition coefficient (Wildman–Crippen LogP) is 2.14. The third kappa shape index (κ3) is 2.67. The molecule has 0 heterocycles. The summed E-state index contributed by atoms with van der Waals surface area (Å²) in [6, 6.07) is 7.90. The van der Waals surface area contributed by atoms with Crippen molar-refractivity contribution < 1.29 is 9.53 Å². The number of rotatable bonds is 4. The lowest BCUT2D eigenvalue weighted by Gasteiger charge is -2.05. The number of hydrogen-bond acceptors (Lipinski definition) is 2. The number of benzene rings is 1. The van der Waals surface area contributed by atoms with Crippen LogP contribution in [-0.2, 0) is 16.1 Å². The van der Waals surface area contributed by atoms with Crippen LogP contribution in [0.15, 0.2) is 24.3 Å². The van der Waals surface area contributed by atoms with Crippen LogP contribution in [-0.4, -0.2) is 13.4 Å². The van der Waals surface area contributed by atoms with Gasteiger partial charge in [0.1, 0.15) is 6.29 Å². The first-order valence-corrected chi connectivity index (χ1v) is 4.31. The normalized spacial score (nSPS) is 12.5. The molecular formula is C11H14O2. The fraction of sp³-hybridized carbons (Fsp3) is 0.364. The fourth-order valence-corrected chi connectivity index (χ4v) is 1.16. The topological polar surface area (TPSA) is 26.3 Å². The molecule has 1 aromatic carbocycles. The van der Waals surface area contributed by atoms with Crippen molar-refractivity contribution in [2.75, 3.05) is 7.11 Å². The van der Waals surface area contributed by atoms with Gasteiger partial charge in [-0.2, -0.15) is 0 Å². The molecule has 0 aliphatic rings. The standard InChI is InChI=1S/C11H14O2/c1-9(7-12)11-5-3-10(4-6-11)8-13-2/h3-7,9H,8H2,1-2H3. The molecule has 0 amide bonds. The van der Waals surface area contributed by atoms with E-state index in [0.29, 0.717) is 6.61 Å². The summed E-state index contributed by atoms with van der Waals surface area (Å²) >= 11 is 0. The summed E-state index contributed by atoms with van der Waals surface area (Å²) < 4.78 is 4.99. The van der Waals surface area contributed by atoms with Crippen LogP contribution in [0.4, 0.5) is 0 Å². The highest BCUT2D eigenvalue weighted by atomic mass is 16.5. The molecule has 0 spiro atoms. The maximum Gasteiger partial charge on any atom is 0.127 e. The van der Waals surface area contributed by atoms with Crippen molar-refractivity contribution in [3.05, 3.63) is 35.4 Å². The van der Waals surface area contributed by atoms with Crippen LogP contribution in [0.5, 0.6) is 0 Å². The molecule has 0 aliphatic carbocycles. The minimum absolute atomic E-state index is 0.0170. The molecular weight excluding hydrogens is 164 g/mol. The Morgan fingerprint density at radius 3 is 2.46 bits per heavy atom. The third-order valence-corrected chi connectivity index (χ3v) is 2.02. The average molecular weight is 178 g/mol. The van der Waals surface area contributed by atoms with E-state index in [1.165, 1.54) is 0 Å². The molecule has 0 saturated heterocycles. The van der Waals surface area contributed by atoms with E-state index in [2.05, 4.69) is 0 Å². The van der Waals surface area contributed by atoms with Crippen molar-refractivity contribution in [3.8, 4) is 0 Å². The Morgan fingerprint density at radius 2 is 2.00 bits per heavy atom. The molecule has 13 heavy (non-hydrogen) atoms. The highest BCUT2D eigenvalue weighted by Gasteiger charge is 2.02. The van der Waals surface area contributed by atoms with Gasteiger partial charge in [-0.15, -0.1) is 0 Å². The summed E-state index contributed by atoms with van der Waals surface area (Å²) in [7, 11) is 1.67. The Hall–Kier alpha value is -1.15. The van der Waals surface area contributed by atoms with Crippen molar-refractivity contribution >= 4 is 6.29 Å². The number of aldehydes is 1. The van der Waals surface area contributed by atoms with Gasteiger partial charge in [-0.25, -0.2) is 0 Å². The lowest BCUT2D eigenvalue weighted by Crippen LogP contribution is -1.95. The van der Waals surface area contributed by atoms with Crippen LogP contribution >= 0.6 is 0 Å². The summed E-state index contributed by atoms with van der Waals surface area (Å²) in [5.74, 6) is -0.0170. The maximum atomic E-state index is 10.5. The van der Waals surface area contributed by atoms with Crippen LogP contribution in [0, 0.1) is 0 Å². The highest BCUT2D eigenvalue weighted by molar-refractivity contribution is 5.61. The molecule has 0 N–H and O–H groups in total. The molecule has 0 fully saturated rings. The Balaban J connectivity index is 2.74. The molecule has 2 nitrogen and oxygen atoms in total. The van der Waals surface area contributed by atoms with E-state index in [1.54, 1.807) is 7.11 Å². The monoisotopic (exact) mass is 178 g/mol. The zero-order valence-electron chi connectivity index (χ0n) is 7.99. The Kier molecular flexibility index (Phi) is 3.65. The number of hydrogen-bond donors (Lipinski definition) is 0. The second-order valence-corrected chi connectivity index (χ2v) is 3.10. The van der Waals surface area contributed by atoms with Gasteiger partial charge in [0.2, 0.25) is 0 Å². The van der Waals surface area contributed by atoms with Crippen LogP contribution in [0.25, 0.3) is 0 Å². The van der Waals surface area contributed by atoms with E-state index < -0.39 is 0 Å². The first-order valence-electron chi connectivity index (χ1n) is 4.31. The van der Waals surface area contributed by atoms with Gasteiger partial charge in [0.25, 0.3) is 0 Å². The van der Waals surface area contributed by atoms with Gasteiger partial charge in [0.05, 0.1) is 6.61 Å². The first-order chi connectivity index (χ1) is 6.27. The zero-order chi connectivity index (χ0) is 9.68. The molecule has 0 bridgehead atoms. The Labute approximate surface area is 78.5 Å². The van der Waals surface area contributed by atoms with E-state index in [4.69, 9.17) is 4.74 Å². The molecule has 1 unspecified atom stereocenters. The van der Waals surface area contributed by atoms with Crippen LogP contribution in [0.3, 0.4) is 0 Å². The Morgan fingerprint density at radius 1 is 1.38 bits per heavy atom. The molecule has 70 valence electrons. The summed E-state index contributed by atoms with van der Waals surface area (Å²) in [5.41, 5.74) is 2.18. The zero-order valence-corrected chi connectivity index (χ0v) is 7.99. The lowest BCUT2D eigenvalue weighted by molar-refractivity contribution is -0.108. The number of methoxy groups -OCH3 is 1. The lowest BCUT2D eigenvalue weighted by atomic mass is 10.0.